The molecule has 19 heavy (non-hydrogen) atoms. The van der Waals surface area contributed by atoms with Gasteiger partial charge in [0.1, 0.15) is 5.76 Å². The van der Waals surface area contributed by atoms with E-state index in [0.717, 1.165) is 17.5 Å². The van der Waals surface area contributed by atoms with Gasteiger partial charge in [0.15, 0.2) is 0 Å². The normalized spacial score (nSPS) is 10.5. The Morgan fingerprint density at radius 1 is 1.37 bits per heavy atom. The second-order valence-electron chi connectivity index (χ2n) is 4.49. The van der Waals surface area contributed by atoms with E-state index in [1.807, 2.05) is 31.2 Å². The molecule has 0 spiro atoms. The van der Waals surface area contributed by atoms with Crippen LogP contribution in [-0.2, 0) is 6.42 Å². The van der Waals surface area contributed by atoms with Crippen molar-refractivity contribution in [3.05, 3.63) is 58.0 Å². The molecule has 0 aliphatic heterocycles. The maximum atomic E-state index is 12.0. The number of carbonyl (C=O) groups is 1. The Labute approximate surface area is 117 Å². The number of hydrogen-bond donors (Lipinski definition) is 1. The van der Waals surface area contributed by atoms with E-state index in [1.165, 1.54) is 0 Å². The summed E-state index contributed by atoms with van der Waals surface area (Å²) in [6.45, 7) is 4.23. The van der Waals surface area contributed by atoms with Crippen LogP contribution in [0.2, 0.25) is 5.02 Å². The van der Waals surface area contributed by atoms with Crippen LogP contribution in [0.25, 0.3) is 0 Å². The van der Waals surface area contributed by atoms with Crippen LogP contribution in [0, 0.1) is 13.8 Å². The summed E-state index contributed by atoms with van der Waals surface area (Å²) < 4.78 is 5.22. The van der Waals surface area contributed by atoms with Crippen molar-refractivity contribution in [2.45, 2.75) is 20.3 Å². The third kappa shape index (κ3) is 3.38. The summed E-state index contributed by atoms with van der Waals surface area (Å²) in [6, 6.07) is 7.64. The molecule has 100 valence electrons. The molecule has 0 radical (unpaired) electrons. The maximum absolute atomic E-state index is 12.0. The molecule has 1 N–H and O–H groups in total. The van der Waals surface area contributed by atoms with Crippen molar-refractivity contribution in [2.24, 2.45) is 0 Å². The van der Waals surface area contributed by atoms with Crippen LogP contribution >= 0.6 is 11.6 Å². The van der Waals surface area contributed by atoms with Crippen molar-refractivity contribution in [1.82, 2.24) is 5.32 Å². The van der Waals surface area contributed by atoms with E-state index in [9.17, 15) is 4.79 Å². The highest BCUT2D eigenvalue weighted by molar-refractivity contribution is 6.30. The van der Waals surface area contributed by atoms with Crippen LogP contribution in [0.15, 0.2) is 34.9 Å². The fraction of sp³-hybridized carbons (Fsp3) is 0.267. The standard InChI is InChI=1S/C15H16ClNO2/c1-10-9-19-11(2)14(10)15(18)17-7-6-12-4-3-5-13(16)8-12/h3-5,8-9H,6-7H2,1-2H3,(H,17,18). The van der Waals surface area contributed by atoms with Gasteiger partial charge in [-0.15, -0.1) is 0 Å². The fourth-order valence-electron chi connectivity index (χ4n) is 2.01. The molecule has 2 aromatic rings. The van der Waals surface area contributed by atoms with Gasteiger partial charge in [0, 0.05) is 17.1 Å². The smallest absolute Gasteiger partial charge is 0.255 e. The Bertz CT molecular complexity index is 570. The zero-order chi connectivity index (χ0) is 13.8. The third-order valence-electron chi connectivity index (χ3n) is 2.97. The average molecular weight is 278 g/mol. The zero-order valence-electron chi connectivity index (χ0n) is 11.0. The van der Waals surface area contributed by atoms with E-state index in [0.29, 0.717) is 22.9 Å². The molecule has 1 amide bonds. The Morgan fingerprint density at radius 2 is 2.16 bits per heavy atom. The molecule has 1 aromatic heterocycles. The van der Waals surface area contributed by atoms with Gasteiger partial charge in [-0.25, -0.2) is 0 Å². The van der Waals surface area contributed by atoms with Gasteiger partial charge in [0.25, 0.3) is 5.91 Å². The third-order valence-corrected chi connectivity index (χ3v) is 3.21. The molecule has 1 heterocycles. The molecule has 0 unspecified atom stereocenters. The number of furan rings is 1. The summed E-state index contributed by atoms with van der Waals surface area (Å²) in [5.74, 6) is 0.559. The van der Waals surface area contributed by atoms with Gasteiger partial charge in [-0.1, -0.05) is 23.7 Å². The van der Waals surface area contributed by atoms with Crippen molar-refractivity contribution >= 4 is 17.5 Å². The quantitative estimate of drug-likeness (QED) is 0.929. The average Bonchev–Trinajstić information content (AvgIpc) is 2.69. The molecule has 4 heteroatoms. The molecular weight excluding hydrogens is 262 g/mol. The predicted octanol–water partition coefficient (Wildman–Crippen LogP) is 3.52. The lowest BCUT2D eigenvalue weighted by atomic mass is 10.1. The SMILES string of the molecule is Cc1coc(C)c1C(=O)NCCc1cccc(Cl)c1. The number of rotatable bonds is 4. The second-order valence-corrected chi connectivity index (χ2v) is 4.92. The topological polar surface area (TPSA) is 42.2 Å². The van der Waals surface area contributed by atoms with E-state index < -0.39 is 0 Å². The van der Waals surface area contributed by atoms with Gasteiger partial charge in [0.2, 0.25) is 0 Å². The summed E-state index contributed by atoms with van der Waals surface area (Å²) >= 11 is 5.91. The number of benzene rings is 1. The largest absolute Gasteiger partial charge is 0.469 e. The lowest BCUT2D eigenvalue weighted by Crippen LogP contribution is -2.26. The first-order chi connectivity index (χ1) is 9.08. The highest BCUT2D eigenvalue weighted by Gasteiger charge is 2.14. The van der Waals surface area contributed by atoms with Crippen molar-refractivity contribution in [2.75, 3.05) is 6.54 Å². The zero-order valence-corrected chi connectivity index (χ0v) is 11.8. The van der Waals surface area contributed by atoms with Gasteiger partial charge >= 0.3 is 0 Å². The monoisotopic (exact) mass is 277 g/mol. The second kappa shape index (κ2) is 5.93. The Hall–Kier alpha value is -1.74. The number of aryl methyl sites for hydroxylation is 2. The molecule has 0 fully saturated rings. The molecule has 0 aliphatic rings. The minimum Gasteiger partial charge on any atom is -0.469 e. The van der Waals surface area contributed by atoms with Crippen LogP contribution in [0.1, 0.15) is 27.2 Å². The summed E-state index contributed by atoms with van der Waals surface area (Å²) in [6.07, 6.45) is 2.35. The number of carbonyl (C=O) groups excluding carboxylic acids is 1. The minimum atomic E-state index is -0.0919. The van der Waals surface area contributed by atoms with E-state index in [-0.39, 0.29) is 5.91 Å². The van der Waals surface area contributed by atoms with Gasteiger partial charge < -0.3 is 9.73 Å². The van der Waals surface area contributed by atoms with Gasteiger partial charge in [-0.2, -0.15) is 0 Å². The van der Waals surface area contributed by atoms with Crippen LogP contribution < -0.4 is 5.32 Å². The number of amides is 1. The summed E-state index contributed by atoms with van der Waals surface area (Å²) in [4.78, 5) is 12.0. The number of hydrogen-bond acceptors (Lipinski definition) is 2. The molecule has 0 atom stereocenters. The molecule has 1 aromatic carbocycles. The first-order valence-electron chi connectivity index (χ1n) is 6.15. The van der Waals surface area contributed by atoms with Crippen molar-refractivity contribution in [3.8, 4) is 0 Å². The Morgan fingerprint density at radius 3 is 2.79 bits per heavy atom. The molecule has 0 bridgehead atoms. The molecule has 0 aliphatic carbocycles. The lowest BCUT2D eigenvalue weighted by molar-refractivity contribution is 0.0952. The van der Waals surface area contributed by atoms with Crippen LogP contribution in [0.4, 0.5) is 0 Å². The number of halogens is 1. The molecule has 0 saturated heterocycles. The van der Waals surface area contributed by atoms with E-state index in [4.69, 9.17) is 16.0 Å². The Kier molecular flexibility index (Phi) is 4.27. The van der Waals surface area contributed by atoms with Crippen molar-refractivity contribution < 1.29 is 9.21 Å². The first-order valence-corrected chi connectivity index (χ1v) is 6.53. The van der Waals surface area contributed by atoms with E-state index in [1.54, 1.807) is 13.2 Å². The van der Waals surface area contributed by atoms with Crippen LogP contribution in [-0.4, -0.2) is 12.5 Å². The van der Waals surface area contributed by atoms with Crippen molar-refractivity contribution in [3.63, 3.8) is 0 Å². The van der Waals surface area contributed by atoms with Crippen LogP contribution in [0.5, 0.6) is 0 Å². The summed E-state index contributed by atoms with van der Waals surface area (Å²) in [7, 11) is 0. The van der Waals surface area contributed by atoms with E-state index in [2.05, 4.69) is 5.32 Å². The maximum Gasteiger partial charge on any atom is 0.255 e. The van der Waals surface area contributed by atoms with Crippen LogP contribution in [0.3, 0.4) is 0 Å². The molecule has 0 saturated carbocycles. The van der Waals surface area contributed by atoms with Gasteiger partial charge in [0.05, 0.1) is 11.8 Å². The highest BCUT2D eigenvalue weighted by atomic mass is 35.5. The van der Waals surface area contributed by atoms with Gasteiger partial charge in [-0.05, 0) is 38.0 Å². The Balaban J connectivity index is 1.91. The van der Waals surface area contributed by atoms with E-state index >= 15 is 0 Å². The lowest BCUT2D eigenvalue weighted by Gasteiger charge is -2.06. The minimum absolute atomic E-state index is 0.0919. The summed E-state index contributed by atoms with van der Waals surface area (Å²) in [5.41, 5.74) is 2.59. The highest BCUT2D eigenvalue weighted by Crippen LogP contribution is 2.15. The fourth-order valence-corrected chi connectivity index (χ4v) is 2.23. The molecule has 2 rings (SSSR count). The predicted molar refractivity (Wildman–Crippen MR) is 75.7 cm³/mol. The molecule has 3 nitrogen and oxygen atoms in total. The molecular formula is C15H16ClNO2. The van der Waals surface area contributed by atoms with Gasteiger partial charge in [-0.3, -0.25) is 4.79 Å². The number of nitrogens with one attached hydrogen (secondary N) is 1. The first kappa shape index (κ1) is 13.7. The summed E-state index contributed by atoms with van der Waals surface area (Å²) in [5, 5.41) is 3.61. The van der Waals surface area contributed by atoms with Crippen molar-refractivity contribution in [1.29, 1.82) is 0 Å².